The lowest BCUT2D eigenvalue weighted by molar-refractivity contribution is -0.153. The molecule has 2 aromatic rings. The SMILES string of the molecule is CCCCCC=Cc1ccc2ccc(C=CC(=O)N(C)O)cc2c1. The number of carbonyl (C=O) groups excluding carboxylic acids is 1. The summed E-state index contributed by atoms with van der Waals surface area (Å²) in [6, 6.07) is 12.4. The Morgan fingerprint density at radius 3 is 2.33 bits per heavy atom. The Hall–Kier alpha value is -2.39. The number of fused-ring (bicyclic) bond motifs is 1. The van der Waals surface area contributed by atoms with Crippen molar-refractivity contribution in [2.24, 2.45) is 0 Å². The maximum absolute atomic E-state index is 11.4. The van der Waals surface area contributed by atoms with E-state index >= 15 is 0 Å². The van der Waals surface area contributed by atoms with Crippen LogP contribution in [0.15, 0.2) is 48.6 Å². The summed E-state index contributed by atoms with van der Waals surface area (Å²) in [5.74, 6) is -0.445. The molecule has 0 bridgehead atoms. The molecule has 2 aromatic carbocycles. The second-order valence-electron chi connectivity index (χ2n) is 5.96. The maximum atomic E-state index is 11.4. The van der Waals surface area contributed by atoms with E-state index in [0.717, 1.165) is 17.4 Å². The Morgan fingerprint density at radius 2 is 1.71 bits per heavy atom. The first kappa shape index (κ1) is 18.0. The third-order valence-corrected chi connectivity index (χ3v) is 3.91. The van der Waals surface area contributed by atoms with E-state index in [9.17, 15) is 4.79 Å². The van der Waals surface area contributed by atoms with Gasteiger partial charge >= 0.3 is 0 Å². The summed E-state index contributed by atoms with van der Waals surface area (Å²) in [7, 11) is 1.31. The molecular formula is C21H25NO2. The fourth-order valence-corrected chi connectivity index (χ4v) is 2.50. The zero-order valence-corrected chi connectivity index (χ0v) is 14.4. The van der Waals surface area contributed by atoms with Crippen molar-refractivity contribution in [2.75, 3.05) is 7.05 Å². The van der Waals surface area contributed by atoms with Gasteiger partial charge in [0.05, 0.1) is 0 Å². The Kier molecular flexibility index (Phi) is 6.76. The van der Waals surface area contributed by atoms with Gasteiger partial charge in [-0.15, -0.1) is 0 Å². The van der Waals surface area contributed by atoms with Crippen LogP contribution in [0.25, 0.3) is 22.9 Å². The first-order valence-corrected chi connectivity index (χ1v) is 8.45. The van der Waals surface area contributed by atoms with Crippen molar-refractivity contribution in [3.05, 3.63) is 59.7 Å². The van der Waals surface area contributed by atoms with Gasteiger partial charge in [-0.2, -0.15) is 0 Å². The van der Waals surface area contributed by atoms with Gasteiger partial charge in [-0.05, 0) is 52.9 Å². The number of nitrogens with zero attached hydrogens (tertiary/aromatic N) is 1. The van der Waals surface area contributed by atoms with Gasteiger partial charge in [0.25, 0.3) is 5.91 Å². The molecule has 0 saturated heterocycles. The number of carbonyl (C=O) groups is 1. The van der Waals surface area contributed by atoms with Crippen LogP contribution in [-0.4, -0.2) is 23.2 Å². The van der Waals surface area contributed by atoms with Crippen molar-refractivity contribution in [1.29, 1.82) is 0 Å². The molecule has 0 fully saturated rings. The minimum Gasteiger partial charge on any atom is -0.286 e. The summed E-state index contributed by atoms with van der Waals surface area (Å²) in [4.78, 5) is 11.4. The van der Waals surface area contributed by atoms with Gasteiger partial charge in [0.15, 0.2) is 0 Å². The molecule has 1 N–H and O–H groups in total. The van der Waals surface area contributed by atoms with Crippen LogP contribution >= 0.6 is 0 Å². The fraction of sp³-hybridized carbons (Fsp3) is 0.286. The lowest BCUT2D eigenvalue weighted by Gasteiger charge is -2.04. The summed E-state index contributed by atoms with van der Waals surface area (Å²) in [5.41, 5.74) is 2.12. The van der Waals surface area contributed by atoms with E-state index in [4.69, 9.17) is 5.21 Å². The molecule has 0 spiro atoms. The minimum absolute atomic E-state index is 0.445. The van der Waals surface area contributed by atoms with Crippen molar-refractivity contribution < 1.29 is 10.0 Å². The van der Waals surface area contributed by atoms with Crippen LogP contribution in [0.3, 0.4) is 0 Å². The van der Waals surface area contributed by atoms with E-state index < -0.39 is 5.91 Å². The fourth-order valence-electron chi connectivity index (χ4n) is 2.50. The van der Waals surface area contributed by atoms with Gasteiger partial charge in [0.1, 0.15) is 0 Å². The van der Waals surface area contributed by atoms with E-state index in [1.807, 2.05) is 18.2 Å². The summed E-state index contributed by atoms with van der Waals surface area (Å²) < 4.78 is 0. The van der Waals surface area contributed by atoms with Crippen LogP contribution in [0.5, 0.6) is 0 Å². The largest absolute Gasteiger partial charge is 0.286 e. The second-order valence-corrected chi connectivity index (χ2v) is 5.96. The monoisotopic (exact) mass is 323 g/mol. The van der Waals surface area contributed by atoms with Gasteiger partial charge in [-0.1, -0.05) is 56.2 Å². The molecule has 0 saturated carbocycles. The molecule has 0 atom stereocenters. The molecule has 0 radical (unpaired) electrons. The number of allylic oxidation sites excluding steroid dienone is 1. The number of unbranched alkanes of at least 4 members (excludes halogenated alkanes) is 3. The zero-order valence-electron chi connectivity index (χ0n) is 14.4. The average Bonchev–Trinajstić information content (AvgIpc) is 2.59. The number of hydrogen-bond donors (Lipinski definition) is 1. The highest BCUT2D eigenvalue weighted by atomic mass is 16.5. The summed E-state index contributed by atoms with van der Waals surface area (Å²) in [5, 5.41) is 11.9. The average molecular weight is 323 g/mol. The third kappa shape index (κ3) is 5.36. The van der Waals surface area contributed by atoms with E-state index in [1.165, 1.54) is 43.3 Å². The third-order valence-electron chi connectivity index (χ3n) is 3.91. The van der Waals surface area contributed by atoms with Crippen molar-refractivity contribution in [3.63, 3.8) is 0 Å². The van der Waals surface area contributed by atoms with E-state index in [0.29, 0.717) is 5.06 Å². The molecule has 3 heteroatoms. The molecule has 1 amide bonds. The molecule has 126 valence electrons. The number of benzene rings is 2. The van der Waals surface area contributed by atoms with Crippen molar-refractivity contribution in [1.82, 2.24) is 5.06 Å². The van der Waals surface area contributed by atoms with Crippen molar-refractivity contribution in [2.45, 2.75) is 32.6 Å². The van der Waals surface area contributed by atoms with Crippen LogP contribution in [0.1, 0.15) is 43.7 Å². The van der Waals surface area contributed by atoms with Gasteiger partial charge in [-0.25, -0.2) is 5.06 Å². The quantitative estimate of drug-likeness (QED) is 0.325. The lowest BCUT2D eigenvalue weighted by atomic mass is 10.0. The van der Waals surface area contributed by atoms with Crippen LogP contribution in [-0.2, 0) is 4.79 Å². The van der Waals surface area contributed by atoms with Gasteiger partial charge in [0.2, 0.25) is 0 Å². The topological polar surface area (TPSA) is 40.5 Å². The van der Waals surface area contributed by atoms with Gasteiger partial charge in [0, 0.05) is 13.1 Å². The molecular weight excluding hydrogens is 298 g/mol. The molecule has 0 aliphatic carbocycles. The Balaban J connectivity index is 2.13. The Bertz CT molecular complexity index is 745. The van der Waals surface area contributed by atoms with Crippen LogP contribution in [0, 0.1) is 0 Å². The molecule has 0 aliphatic rings. The van der Waals surface area contributed by atoms with Crippen LogP contribution in [0.2, 0.25) is 0 Å². The number of hydroxylamine groups is 2. The van der Waals surface area contributed by atoms with Crippen molar-refractivity contribution >= 4 is 28.8 Å². The molecule has 24 heavy (non-hydrogen) atoms. The minimum atomic E-state index is -0.445. The number of amides is 1. The first-order chi connectivity index (χ1) is 11.6. The Labute approximate surface area is 143 Å². The number of likely N-dealkylation sites (N-methyl/N-ethyl adjacent to an activating group) is 1. The predicted octanol–water partition coefficient (Wildman–Crippen LogP) is 5.29. The number of rotatable bonds is 7. The molecule has 2 rings (SSSR count). The molecule has 0 unspecified atom stereocenters. The zero-order chi connectivity index (χ0) is 17.4. The summed E-state index contributed by atoms with van der Waals surface area (Å²) in [6.45, 7) is 2.21. The van der Waals surface area contributed by atoms with Crippen LogP contribution < -0.4 is 0 Å². The highest BCUT2D eigenvalue weighted by Crippen LogP contribution is 2.20. The van der Waals surface area contributed by atoms with Gasteiger partial charge in [-0.3, -0.25) is 10.0 Å². The van der Waals surface area contributed by atoms with E-state index in [2.05, 4.69) is 37.3 Å². The molecule has 0 aromatic heterocycles. The first-order valence-electron chi connectivity index (χ1n) is 8.45. The molecule has 0 aliphatic heterocycles. The smallest absolute Gasteiger partial charge is 0.269 e. The summed E-state index contributed by atoms with van der Waals surface area (Å²) in [6.07, 6.45) is 12.3. The second kappa shape index (κ2) is 9.04. The van der Waals surface area contributed by atoms with Crippen LogP contribution in [0.4, 0.5) is 0 Å². The van der Waals surface area contributed by atoms with E-state index in [1.54, 1.807) is 6.08 Å². The maximum Gasteiger partial charge on any atom is 0.269 e. The molecule has 0 heterocycles. The molecule has 3 nitrogen and oxygen atoms in total. The summed E-state index contributed by atoms with van der Waals surface area (Å²) >= 11 is 0. The Morgan fingerprint density at radius 1 is 1.04 bits per heavy atom. The normalized spacial score (nSPS) is 11.6. The highest BCUT2D eigenvalue weighted by molar-refractivity contribution is 5.92. The highest BCUT2D eigenvalue weighted by Gasteiger charge is 2.00. The standard InChI is InChI=1S/C21H25NO2/c1-3-4-5-6-7-8-17-9-12-19-13-10-18(16-20(19)15-17)11-14-21(23)22(2)24/h7-16,24H,3-6H2,1-2H3. The van der Waals surface area contributed by atoms with Crippen molar-refractivity contribution in [3.8, 4) is 0 Å². The predicted molar refractivity (Wildman–Crippen MR) is 101 cm³/mol. The van der Waals surface area contributed by atoms with E-state index in [-0.39, 0.29) is 0 Å². The lowest BCUT2D eigenvalue weighted by Crippen LogP contribution is -2.19. The van der Waals surface area contributed by atoms with Gasteiger partial charge < -0.3 is 0 Å². The number of hydrogen-bond acceptors (Lipinski definition) is 2.